The van der Waals surface area contributed by atoms with Crippen LogP contribution in [0.2, 0.25) is 0 Å². The van der Waals surface area contributed by atoms with Crippen LogP contribution in [0.1, 0.15) is 22.8 Å². The zero-order valence-electron chi connectivity index (χ0n) is 35.4. The topological polar surface area (TPSA) is 63.2 Å². The summed E-state index contributed by atoms with van der Waals surface area (Å²) in [6, 6.07) is 84.4. The van der Waals surface area contributed by atoms with E-state index in [9.17, 15) is 0 Å². The van der Waals surface area contributed by atoms with Crippen molar-refractivity contribution in [3.8, 4) is 0 Å². The van der Waals surface area contributed by atoms with Gasteiger partial charge in [-0.05, 0) is 24.3 Å². The minimum atomic E-state index is 0. The van der Waals surface area contributed by atoms with Crippen LogP contribution in [0.15, 0.2) is 218 Å². The molecule has 4 nitrogen and oxygen atoms in total. The maximum atomic E-state index is 3.75. The number of aromatic amines is 4. The predicted octanol–water partition coefficient (Wildman–Crippen LogP) is 11.2. The summed E-state index contributed by atoms with van der Waals surface area (Å²) >= 11 is 0. The molecule has 0 radical (unpaired) electrons. The molecule has 4 aromatic heterocycles. The summed E-state index contributed by atoms with van der Waals surface area (Å²) in [6.07, 6.45) is 8.98. The van der Waals surface area contributed by atoms with Crippen LogP contribution in [0.5, 0.6) is 0 Å². The van der Waals surface area contributed by atoms with Crippen LogP contribution in [0.4, 0.5) is 0 Å². The minimum absolute atomic E-state index is 0. The zero-order valence-corrected chi connectivity index (χ0v) is 37.0. The number of H-pyrrole nitrogens is 4. The van der Waals surface area contributed by atoms with Crippen molar-refractivity contribution in [3.63, 3.8) is 0 Å². The summed E-state index contributed by atoms with van der Waals surface area (Å²) in [6.45, 7) is 0. The van der Waals surface area contributed by atoms with Crippen LogP contribution >= 0.6 is 0 Å². The average molecular weight is 927 g/mol. The number of benzene rings is 8. The summed E-state index contributed by atoms with van der Waals surface area (Å²) in [5.41, 5.74) is 4.34. The van der Waals surface area contributed by atoms with Crippen LogP contribution < -0.4 is 21.4 Å². The standard InChI is InChI=1S/C36H24N4.4C6H5.Pd/c1-2-10-22-21(9-1)29-17-31-23-11-3-4-12-24(23)33(38-31)19-35-27-15-7-8-16-28(27)36(40-35)20-34-26-14-6-5-13-25(26)32(39-34)18-30(22)37-29;4*1-2-4-6-5-3-1;/h1-20,37-40H;4*1-5H;/q;4*-1;. The van der Waals surface area contributed by atoms with Gasteiger partial charge in [0.1, 0.15) is 0 Å². The Balaban J connectivity index is 0.000000186. The molecule has 5 heterocycles. The van der Waals surface area contributed by atoms with Crippen LogP contribution in [0.25, 0.3) is 67.4 Å². The van der Waals surface area contributed by atoms with Crippen molar-refractivity contribution in [3.05, 3.63) is 287 Å². The Bertz CT molecular complexity index is 3020. The summed E-state index contributed by atoms with van der Waals surface area (Å²) in [5, 5.41) is 13.9. The van der Waals surface area contributed by atoms with E-state index < -0.39 is 0 Å². The van der Waals surface area contributed by atoms with Crippen molar-refractivity contribution in [1.29, 1.82) is 0 Å². The fraction of sp³-hybridized carbons (Fsp3) is 0. The number of aromatic nitrogens is 4. The molecule has 12 aromatic rings. The summed E-state index contributed by atoms with van der Waals surface area (Å²) in [4.78, 5) is 15.0. The second kappa shape index (κ2) is 21.9. The molecule has 0 amide bonds. The minimum Gasteiger partial charge on any atom is -0.354 e. The first-order valence-corrected chi connectivity index (χ1v) is 21.3. The molecule has 0 fully saturated rings. The Kier molecular flexibility index (Phi) is 14.7. The summed E-state index contributed by atoms with van der Waals surface area (Å²) in [7, 11) is 0. The van der Waals surface area contributed by atoms with E-state index in [0.29, 0.717) is 0 Å². The Hall–Kier alpha value is -7.94. The van der Waals surface area contributed by atoms with E-state index >= 15 is 0 Å². The SMILES string of the molecule is C1=c2[nH]c(c3ccccc23)=Cc2[nH]c(c3ccccc23)C=c2[nH]c(c3ccccc23)=Cc2[nH]c1c1ccccc21.[Pd].[c-]1ccccc1.[c-]1ccccc1.[c-]1ccccc1.[c-]1ccccc1. The van der Waals surface area contributed by atoms with E-state index in [1.165, 1.54) is 43.1 Å². The van der Waals surface area contributed by atoms with Crippen molar-refractivity contribution < 1.29 is 20.4 Å². The van der Waals surface area contributed by atoms with Crippen molar-refractivity contribution in [2.75, 3.05) is 0 Å². The van der Waals surface area contributed by atoms with E-state index in [1.807, 2.05) is 121 Å². The number of hydrogen-bond donors (Lipinski definition) is 4. The van der Waals surface area contributed by atoms with Crippen molar-refractivity contribution in [2.24, 2.45) is 0 Å². The molecule has 0 atom stereocenters. The van der Waals surface area contributed by atoms with Crippen LogP contribution in [0, 0.1) is 24.3 Å². The maximum absolute atomic E-state index is 3.75. The summed E-state index contributed by atoms with van der Waals surface area (Å²) in [5.74, 6) is 0. The summed E-state index contributed by atoms with van der Waals surface area (Å²) < 4.78 is 0. The molecule has 0 unspecified atom stereocenters. The van der Waals surface area contributed by atoms with Gasteiger partial charge < -0.3 is 19.9 Å². The van der Waals surface area contributed by atoms with Crippen molar-refractivity contribution in [1.82, 2.24) is 19.9 Å². The average Bonchev–Trinajstić information content (AvgIpc) is 4.13. The fourth-order valence-electron chi connectivity index (χ4n) is 7.79. The molecule has 0 saturated carbocycles. The molecule has 8 bridgehead atoms. The van der Waals surface area contributed by atoms with Gasteiger partial charge in [0.15, 0.2) is 0 Å². The first kappa shape index (κ1) is 43.7. The van der Waals surface area contributed by atoms with Gasteiger partial charge in [0.2, 0.25) is 0 Å². The Morgan fingerprint density at radius 2 is 0.415 bits per heavy atom. The molecule has 1 aliphatic rings. The second-order valence-electron chi connectivity index (χ2n) is 14.9. The Morgan fingerprint density at radius 3 is 0.585 bits per heavy atom. The molecule has 0 aliphatic carbocycles. The molecule has 8 aromatic carbocycles. The molecule has 4 N–H and O–H groups in total. The third-order valence-electron chi connectivity index (χ3n) is 10.7. The molecular weight excluding hydrogens is 883 g/mol. The van der Waals surface area contributed by atoms with Gasteiger partial charge in [-0.3, -0.25) is 0 Å². The van der Waals surface area contributed by atoms with Crippen LogP contribution in [-0.4, -0.2) is 19.9 Å². The number of hydrogen-bond acceptors (Lipinski definition) is 0. The monoisotopic (exact) mass is 926 g/mol. The first-order valence-electron chi connectivity index (χ1n) is 21.3. The van der Waals surface area contributed by atoms with E-state index in [-0.39, 0.29) is 20.4 Å². The quantitative estimate of drug-likeness (QED) is 0.0865. The number of fused-ring (bicyclic) bond motifs is 20. The third kappa shape index (κ3) is 10.6. The molecule has 5 heteroatoms. The van der Waals surface area contributed by atoms with Gasteiger partial charge in [0, 0.05) is 108 Å². The van der Waals surface area contributed by atoms with Crippen molar-refractivity contribution in [2.45, 2.75) is 0 Å². The molecule has 13 rings (SSSR count). The molecule has 318 valence electrons. The molecule has 1 aliphatic heterocycles. The van der Waals surface area contributed by atoms with Gasteiger partial charge >= 0.3 is 0 Å². The first-order chi connectivity index (χ1) is 31.8. The van der Waals surface area contributed by atoms with Gasteiger partial charge in [-0.2, -0.15) is 146 Å². The normalized spacial score (nSPS) is 10.8. The van der Waals surface area contributed by atoms with E-state index in [1.54, 1.807) is 0 Å². The number of nitrogens with one attached hydrogen (secondary N) is 4. The van der Waals surface area contributed by atoms with E-state index in [0.717, 1.165) is 44.2 Å². The molecule has 0 spiro atoms. The van der Waals surface area contributed by atoms with Crippen LogP contribution in [-0.2, 0) is 20.4 Å². The third-order valence-corrected chi connectivity index (χ3v) is 10.7. The second-order valence-corrected chi connectivity index (χ2v) is 14.9. The zero-order chi connectivity index (χ0) is 43.2. The van der Waals surface area contributed by atoms with Crippen LogP contribution in [0.3, 0.4) is 0 Å². The molecule has 0 saturated heterocycles. The van der Waals surface area contributed by atoms with Gasteiger partial charge in [-0.15, -0.1) is 0 Å². The Morgan fingerprint density at radius 1 is 0.215 bits per heavy atom. The smallest absolute Gasteiger partial charge is 0.0485 e. The number of rotatable bonds is 0. The molecule has 65 heavy (non-hydrogen) atoms. The van der Waals surface area contributed by atoms with Gasteiger partial charge in [-0.25, -0.2) is 0 Å². The van der Waals surface area contributed by atoms with Gasteiger partial charge in [-0.1, -0.05) is 97.1 Å². The van der Waals surface area contributed by atoms with Gasteiger partial charge in [0.05, 0.1) is 0 Å². The maximum Gasteiger partial charge on any atom is 0.0485 e. The predicted molar refractivity (Wildman–Crippen MR) is 267 cm³/mol. The van der Waals surface area contributed by atoms with E-state index in [2.05, 4.69) is 166 Å². The fourth-order valence-corrected chi connectivity index (χ4v) is 7.79. The largest absolute Gasteiger partial charge is 0.354 e. The van der Waals surface area contributed by atoms with E-state index in [4.69, 9.17) is 0 Å². The van der Waals surface area contributed by atoms with Gasteiger partial charge in [0.25, 0.3) is 0 Å². The molecular formula is C60H44N4Pd-4. The Labute approximate surface area is 392 Å². The van der Waals surface area contributed by atoms with Crippen molar-refractivity contribution >= 4 is 67.4 Å².